The van der Waals surface area contributed by atoms with Gasteiger partial charge in [0.15, 0.2) is 11.6 Å². The van der Waals surface area contributed by atoms with Crippen LogP contribution in [0, 0.1) is 11.8 Å². The van der Waals surface area contributed by atoms with E-state index in [0.717, 1.165) is 23.2 Å². The van der Waals surface area contributed by atoms with Crippen LogP contribution in [0.4, 0.5) is 11.6 Å². The van der Waals surface area contributed by atoms with Crippen molar-refractivity contribution in [3.8, 4) is 17.5 Å². The summed E-state index contributed by atoms with van der Waals surface area (Å²) in [5.41, 5.74) is 19.0. The van der Waals surface area contributed by atoms with Gasteiger partial charge in [-0.25, -0.2) is 14.4 Å². The van der Waals surface area contributed by atoms with Gasteiger partial charge in [0.25, 0.3) is 17.4 Å². The largest absolute Gasteiger partial charge is 0.381 e. The van der Waals surface area contributed by atoms with Crippen molar-refractivity contribution in [3.05, 3.63) is 112 Å². The molecule has 0 fully saturated rings. The number of hydrogen-bond donors (Lipinski definition) is 3. The van der Waals surface area contributed by atoms with Crippen LogP contribution in [-0.2, 0) is 13.5 Å². The van der Waals surface area contributed by atoms with Gasteiger partial charge in [0.1, 0.15) is 5.56 Å². The van der Waals surface area contributed by atoms with Gasteiger partial charge in [-0.1, -0.05) is 61.8 Å². The van der Waals surface area contributed by atoms with Crippen LogP contribution in [0.1, 0.15) is 38.9 Å². The summed E-state index contributed by atoms with van der Waals surface area (Å²) in [6, 6.07) is 17.3. The Balaban J connectivity index is 0.000000265. The molecule has 0 aliphatic heterocycles. The summed E-state index contributed by atoms with van der Waals surface area (Å²) in [6.45, 7) is 5.36. The van der Waals surface area contributed by atoms with Crippen LogP contribution in [-0.4, -0.2) is 48.7 Å². The first-order valence-electron chi connectivity index (χ1n) is 13.5. The number of carbonyl (C=O) groups excluding carboxylic acids is 2. The maximum atomic E-state index is 13.5. The van der Waals surface area contributed by atoms with E-state index in [4.69, 9.17) is 17.2 Å². The van der Waals surface area contributed by atoms with Crippen LogP contribution in [0.3, 0.4) is 0 Å². The molecule has 0 spiro atoms. The molecule has 0 saturated carbocycles. The summed E-state index contributed by atoms with van der Waals surface area (Å²) < 4.78 is 4.30. The first kappa shape index (κ1) is 30.9. The summed E-state index contributed by atoms with van der Waals surface area (Å²) in [5, 5.41) is 9.22. The Morgan fingerprint density at radius 3 is 2.52 bits per heavy atom. The summed E-state index contributed by atoms with van der Waals surface area (Å²) in [7, 11) is 1.62. The number of carbonyl (C=O) groups is 2. The molecule has 5 rings (SSSR count). The van der Waals surface area contributed by atoms with Crippen molar-refractivity contribution in [2.75, 3.05) is 12.3 Å². The number of amides is 1. The van der Waals surface area contributed by atoms with Crippen molar-refractivity contribution >= 4 is 40.4 Å². The van der Waals surface area contributed by atoms with Crippen LogP contribution in [0.2, 0.25) is 0 Å². The zero-order valence-electron chi connectivity index (χ0n) is 24.3. The number of aromatic nitrogens is 5. The Bertz CT molecular complexity index is 2010. The van der Waals surface area contributed by atoms with Gasteiger partial charge in [-0.15, -0.1) is 0 Å². The lowest BCUT2D eigenvalue weighted by Crippen LogP contribution is -2.22. The van der Waals surface area contributed by atoms with Gasteiger partial charge in [-0.05, 0) is 36.1 Å². The van der Waals surface area contributed by atoms with Crippen molar-refractivity contribution in [1.29, 1.82) is 0 Å². The maximum absolute atomic E-state index is 13.5. The third-order valence-electron chi connectivity index (χ3n) is 6.45. The lowest BCUT2D eigenvalue weighted by molar-refractivity contribution is 0.0907. The standard InChI is InChI=1S/C24H20N4O2.C8H11N5O/c1-2-20-13-19-8-6-7-18(12-11-17-15-26-27(16-17)22(29)14-25)23(19)24(30)28(20)21-9-4-3-5-10-21;1-3-4-11-8-5(7(10)14)6(9)12-13(8)2/h3-10,13,15-16H,2,14,25H2,1H3;3-4H,1H2,2H3,(H2,9,12)(H2,10,14)/b;11-4-. The average Bonchev–Trinajstić information content (AvgIpc) is 3.62. The lowest BCUT2D eigenvalue weighted by atomic mass is 10.0. The monoisotopic (exact) mass is 589 g/mol. The van der Waals surface area contributed by atoms with Crippen molar-refractivity contribution < 1.29 is 9.59 Å². The topological polar surface area (TPSA) is 182 Å². The molecule has 0 radical (unpaired) electrons. The van der Waals surface area contributed by atoms with E-state index in [1.165, 1.54) is 34.0 Å². The van der Waals surface area contributed by atoms with Gasteiger partial charge >= 0.3 is 0 Å². The third-order valence-corrected chi connectivity index (χ3v) is 6.45. The van der Waals surface area contributed by atoms with Gasteiger partial charge in [-0.3, -0.25) is 19.0 Å². The van der Waals surface area contributed by atoms with Gasteiger partial charge in [0.2, 0.25) is 0 Å². The summed E-state index contributed by atoms with van der Waals surface area (Å²) in [6.07, 6.45) is 6.68. The second-order valence-corrected chi connectivity index (χ2v) is 9.34. The highest BCUT2D eigenvalue weighted by Crippen LogP contribution is 2.23. The van der Waals surface area contributed by atoms with Crippen molar-refractivity contribution in [2.45, 2.75) is 13.3 Å². The Morgan fingerprint density at radius 2 is 1.86 bits per heavy atom. The smallest absolute Gasteiger partial charge is 0.264 e. The molecule has 0 bridgehead atoms. The van der Waals surface area contributed by atoms with Gasteiger partial charge in [0.05, 0.1) is 23.7 Å². The average molecular weight is 590 g/mol. The van der Waals surface area contributed by atoms with E-state index in [0.29, 0.717) is 22.3 Å². The molecule has 2 aromatic carbocycles. The number of anilines is 1. The molecule has 12 nitrogen and oxygen atoms in total. The first-order chi connectivity index (χ1) is 21.2. The number of para-hydroxylation sites is 1. The van der Waals surface area contributed by atoms with Crippen LogP contribution in [0.15, 0.2) is 89.4 Å². The van der Waals surface area contributed by atoms with E-state index in [-0.39, 0.29) is 29.4 Å². The molecule has 0 saturated heterocycles. The second kappa shape index (κ2) is 13.7. The molecular formula is C32H31N9O3. The lowest BCUT2D eigenvalue weighted by Gasteiger charge is -2.14. The molecule has 0 aliphatic rings. The molecule has 0 aliphatic carbocycles. The number of aryl methyl sites for hydroxylation is 2. The molecule has 3 heterocycles. The normalized spacial score (nSPS) is 10.6. The molecule has 12 heteroatoms. The van der Waals surface area contributed by atoms with Gasteiger partial charge in [-0.2, -0.15) is 10.2 Å². The Kier molecular flexibility index (Phi) is 9.64. The summed E-state index contributed by atoms with van der Waals surface area (Å²) in [4.78, 5) is 40.1. The first-order valence-corrected chi connectivity index (χ1v) is 13.5. The van der Waals surface area contributed by atoms with E-state index >= 15 is 0 Å². The number of pyridine rings is 1. The molecule has 5 aromatic rings. The van der Waals surface area contributed by atoms with Crippen LogP contribution < -0.4 is 22.8 Å². The van der Waals surface area contributed by atoms with E-state index in [9.17, 15) is 14.4 Å². The number of rotatable bonds is 6. The number of allylic oxidation sites excluding steroid dienone is 1. The Morgan fingerprint density at radius 1 is 1.11 bits per heavy atom. The fourth-order valence-corrected chi connectivity index (χ4v) is 4.44. The SMILES string of the molecule is C=C/C=N\c1c(C(N)=O)c(N)nn1C.CCc1cc2cccc(C#Cc3cnn(C(=O)CN)c3)c2c(=O)n1-c1ccccc1. The highest BCUT2D eigenvalue weighted by atomic mass is 16.2. The third kappa shape index (κ3) is 6.53. The molecule has 0 atom stereocenters. The quantitative estimate of drug-likeness (QED) is 0.201. The van der Waals surface area contributed by atoms with Gasteiger partial charge < -0.3 is 17.2 Å². The molecule has 44 heavy (non-hydrogen) atoms. The number of nitrogen functional groups attached to an aromatic ring is 1. The second-order valence-electron chi connectivity index (χ2n) is 9.34. The van der Waals surface area contributed by atoms with E-state index in [2.05, 4.69) is 33.6 Å². The Labute approximate surface area is 253 Å². The summed E-state index contributed by atoms with van der Waals surface area (Å²) >= 11 is 0. The zero-order chi connectivity index (χ0) is 31.8. The highest BCUT2D eigenvalue weighted by molar-refractivity contribution is 6.02. The van der Waals surface area contributed by atoms with Gasteiger partial charge in [0, 0.05) is 36.4 Å². The number of nitrogens with two attached hydrogens (primary N) is 3. The number of primary amides is 1. The van der Waals surface area contributed by atoms with Crippen LogP contribution in [0.5, 0.6) is 0 Å². The summed E-state index contributed by atoms with van der Waals surface area (Å²) in [5.74, 6) is 5.51. The molecule has 222 valence electrons. The van der Waals surface area contributed by atoms with E-state index in [1.54, 1.807) is 11.6 Å². The predicted molar refractivity (Wildman–Crippen MR) is 171 cm³/mol. The highest BCUT2D eigenvalue weighted by Gasteiger charge is 2.17. The minimum absolute atomic E-state index is 0.0798. The molecule has 6 N–H and O–H groups in total. The maximum Gasteiger partial charge on any atom is 0.264 e. The number of fused-ring (bicyclic) bond motifs is 1. The number of hydrogen-bond acceptors (Lipinski definition) is 8. The Hall–Kier alpha value is -6.06. The number of nitrogens with zero attached hydrogens (tertiary/aromatic N) is 6. The van der Waals surface area contributed by atoms with Crippen LogP contribution >= 0.6 is 0 Å². The molecule has 3 aromatic heterocycles. The predicted octanol–water partition coefficient (Wildman–Crippen LogP) is 2.74. The minimum atomic E-state index is -0.646. The number of benzene rings is 2. The molecule has 1 amide bonds. The van der Waals surface area contributed by atoms with Crippen molar-refractivity contribution in [3.63, 3.8) is 0 Å². The fourth-order valence-electron chi connectivity index (χ4n) is 4.44. The zero-order valence-corrected chi connectivity index (χ0v) is 24.3. The number of aliphatic imine (C=N–C) groups is 1. The van der Waals surface area contributed by atoms with Crippen molar-refractivity contribution in [2.24, 2.45) is 23.5 Å². The fraction of sp³-hybridized carbons (Fsp3) is 0.125. The van der Waals surface area contributed by atoms with Crippen molar-refractivity contribution in [1.82, 2.24) is 24.1 Å². The molecular weight excluding hydrogens is 558 g/mol. The van der Waals surface area contributed by atoms with E-state index in [1.807, 2.05) is 61.5 Å². The van der Waals surface area contributed by atoms with E-state index < -0.39 is 5.91 Å². The minimum Gasteiger partial charge on any atom is -0.381 e. The van der Waals surface area contributed by atoms with Crippen LogP contribution in [0.25, 0.3) is 16.5 Å². The molecule has 0 unspecified atom stereocenters.